The molecule has 150 valence electrons. The van der Waals surface area contributed by atoms with E-state index < -0.39 is 6.09 Å². The van der Waals surface area contributed by atoms with Crippen LogP contribution in [0.3, 0.4) is 0 Å². The number of anilines is 1. The first-order valence-corrected chi connectivity index (χ1v) is 10.6. The second-order valence-electron chi connectivity index (χ2n) is 8.60. The lowest BCUT2D eigenvalue weighted by molar-refractivity contribution is 0.119. The zero-order chi connectivity index (χ0) is 19.2. The summed E-state index contributed by atoms with van der Waals surface area (Å²) in [5.41, 5.74) is 2.81. The SMILES string of the molecule is CC(C)Cc1cccc(N2CCN(CCC3CCN(C(=O)O)CC3)CC2)c1. The summed E-state index contributed by atoms with van der Waals surface area (Å²) >= 11 is 0. The molecule has 1 aromatic carbocycles. The lowest BCUT2D eigenvalue weighted by atomic mass is 9.93. The van der Waals surface area contributed by atoms with Gasteiger partial charge in [0.15, 0.2) is 0 Å². The average molecular weight is 374 g/mol. The number of nitrogens with zero attached hydrogens (tertiary/aromatic N) is 3. The van der Waals surface area contributed by atoms with Crippen LogP contribution < -0.4 is 4.90 Å². The van der Waals surface area contributed by atoms with Gasteiger partial charge in [-0.2, -0.15) is 0 Å². The smallest absolute Gasteiger partial charge is 0.407 e. The maximum atomic E-state index is 11.0. The van der Waals surface area contributed by atoms with E-state index in [1.54, 1.807) is 4.90 Å². The van der Waals surface area contributed by atoms with Crippen molar-refractivity contribution >= 4 is 11.8 Å². The predicted molar refractivity (Wildman–Crippen MR) is 111 cm³/mol. The Balaban J connectivity index is 1.40. The van der Waals surface area contributed by atoms with Crippen molar-refractivity contribution in [2.45, 2.75) is 39.5 Å². The Kier molecular flexibility index (Phi) is 7.00. The fourth-order valence-corrected chi connectivity index (χ4v) is 4.36. The Labute approximate surface area is 163 Å². The molecule has 0 atom stereocenters. The van der Waals surface area contributed by atoms with Gasteiger partial charge in [0.05, 0.1) is 0 Å². The van der Waals surface area contributed by atoms with Gasteiger partial charge >= 0.3 is 6.09 Å². The molecule has 1 amide bonds. The summed E-state index contributed by atoms with van der Waals surface area (Å²) in [5.74, 6) is 1.38. The van der Waals surface area contributed by atoms with E-state index in [-0.39, 0.29) is 0 Å². The zero-order valence-electron chi connectivity index (χ0n) is 16.9. The maximum absolute atomic E-state index is 11.0. The molecule has 2 fully saturated rings. The highest BCUT2D eigenvalue weighted by Crippen LogP contribution is 2.23. The molecule has 0 aliphatic carbocycles. The Hall–Kier alpha value is -1.75. The molecule has 3 rings (SSSR count). The van der Waals surface area contributed by atoms with E-state index in [1.807, 2.05) is 0 Å². The van der Waals surface area contributed by atoms with Gasteiger partial charge in [-0.1, -0.05) is 26.0 Å². The Morgan fingerprint density at radius 2 is 1.81 bits per heavy atom. The van der Waals surface area contributed by atoms with Crippen molar-refractivity contribution in [1.29, 1.82) is 0 Å². The topological polar surface area (TPSA) is 47.0 Å². The minimum Gasteiger partial charge on any atom is -0.465 e. The van der Waals surface area contributed by atoms with Crippen molar-refractivity contribution < 1.29 is 9.90 Å². The fraction of sp³-hybridized carbons (Fsp3) is 0.682. The van der Waals surface area contributed by atoms with Crippen molar-refractivity contribution in [3.05, 3.63) is 29.8 Å². The minimum absolute atomic E-state index is 0.686. The Morgan fingerprint density at radius 1 is 1.11 bits per heavy atom. The predicted octanol–water partition coefficient (Wildman–Crippen LogP) is 3.79. The molecule has 1 N–H and O–H groups in total. The summed E-state index contributed by atoms with van der Waals surface area (Å²) < 4.78 is 0. The lowest BCUT2D eigenvalue weighted by Crippen LogP contribution is -2.47. The molecule has 1 aromatic rings. The molecule has 2 saturated heterocycles. The largest absolute Gasteiger partial charge is 0.465 e. The number of rotatable bonds is 6. The van der Waals surface area contributed by atoms with Gasteiger partial charge in [-0.05, 0) is 61.8 Å². The van der Waals surface area contributed by atoms with Crippen molar-refractivity contribution in [3.63, 3.8) is 0 Å². The van der Waals surface area contributed by atoms with Gasteiger partial charge in [-0.15, -0.1) is 0 Å². The molecular weight excluding hydrogens is 338 g/mol. The van der Waals surface area contributed by atoms with E-state index in [1.165, 1.54) is 17.7 Å². The van der Waals surface area contributed by atoms with Crippen molar-refractivity contribution in [2.75, 3.05) is 50.7 Å². The monoisotopic (exact) mass is 373 g/mol. The van der Waals surface area contributed by atoms with Crippen LogP contribution in [0.1, 0.15) is 38.7 Å². The van der Waals surface area contributed by atoms with E-state index >= 15 is 0 Å². The average Bonchev–Trinajstić information content (AvgIpc) is 2.67. The van der Waals surface area contributed by atoms with Crippen molar-refractivity contribution in [2.24, 2.45) is 11.8 Å². The molecule has 2 heterocycles. The van der Waals surface area contributed by atoms with Crippen LogP contribution in [0, 0.1) is 11.8 Å². The highest BCUT2D eigenvalue weighted by molar-refractivity contribution is 5.64. The standard InChI is InChI=1S/C22H35N3O2/c1-18(2)16-20-4-3-5-21(17-20)24-14-12-23(13-15-24)9-6-19-7-10-25(11-8-19)22(26)27/h3-5,17-19H,6-16H2,1-2H3,(H,26,27). The molecule has 0 spiro atoms. The number of piperidine rings is 1. The first-order chi connectivity index (χ1) is 13.0. The number of hydrogen-bond acceptors (Lipinski definition) is 3. The van der Waals surface area contributed by atoms with Crippen LogP contribution in [0.4, 0.5) is 10.5 Å². The molecule has 0 bridgehead atoms. The van der Waals surface area contributed by atoms with E-state index in [0.717, 1.165) is 52.0 Å². The van der Waals surface area contributed by atoms with E-state index in [9.17, 15) is 4.79 Å². The molecule has 2 aliphatic rings. The molecule has 0 saturated carbocycles. The number of carbonyl (C=O) groups is 1. The fourth-order valence-electron chi connectivity index (χ4n) is 4.36. The van der Waals surface area contributed by atoms with Gasteiger partial charge < -0.3 is 14.9 Å². The molecule has 0 unspecified atom stereocenters. The highest BCUT2D eigenvalue weighted by atomic mass is 16.4. The van der Waals surface area contributed by atoms with Crippen LogP contribution in [0.25, 0.3) is 0 Å². The summed E-state index contributed by atoms with van der Waals surface area (Å²) in [5, 5.41) is 9.05. The summed E-state index contributed by atoms with van der Waals surface area (Å²) in [6.45, 7) is 11.6. The molecule has 0 radical (unpaired) electrons. The summed E-state index contributed by atoms with van der Waals surface area (Å²) in [6.07, 6.45) is 3.64. The second-order valence-corrected chi connectivity index (χ2v) is 8.60. The number of benzene rings is 1. The Bertz CT molecular complexity index is 603. The Morgan fingerprint density at radius 3 is 2.44 bits per heavy atom. The molecular formula is C22H35N3O2. The van der Waals surface area contributed by atoms with Crippen LogP contribution >= 0.6 is 0 Å². The van der Waals surface area contributed by atoms with Crippen LogP contribution in [0.2, 0.25) is 0 Å². The van der Waals surface area contributed by atoms with Gasteiger partial charge in [0, 0.05) is 45.0 Å². The second kappa shape index (κ2) is 9.45. The van der Waals surface area contributed by atoms with Gasteiger partial charge in [0.2, 0.25) is 0 Å². The molecule has 2 aliphatic heterocycles. The van der Waals surface area contributed by atoms with Crippen molar-refractivity contribution in [3.8, 4) is 0 Å². The number of carboxylic acid groups (broad SMARTS) is 1. The van der Waals surface area contributed by atoms with Gasteiger partial charge in [0.1, 0.15) is 0 Å². The van der Waals surface area contributed by atoms with E-state index in [2.05, 4.69) is 47.9 Å². The molecule has 5 nitrogen and oxygen atoms in total. The zero-order valence-corrected chi connectivity index (χ0v) is 16.9. The number of likely N-dealkylation sites (tertiary alicyclic amines) is 1. The van der Waals surface area contributed by atoms with E-state index in [0.29, 0.717) is 24.9 Å². The first kappa shape index (κ1) is 20.0. The van der Waals surface area contributed by atoms with Crippen LogP contribution in [0.15, 0.2) is 24.3 Å². The van der Waals surface area contributed by atoms with Gasteiger partial charge in [-0.25, -0.2) is 4.79 Å². The normalized spacial score (nSPS) is 19.7. The van der Waals surface area contributed by atoms with E-state index in [4.69, 9.17) is 5.11 Å². The molecule has 0 aromatic heterocycles. The lowest BCUT2D eigenvalue weighted by Gasteiger charge is -2.37. The summed E-state index contributed by atoms with van der Waals surface area (Å²) in [6, 6.07) is 9.06. The minimum atomic E-state index is -0.762. The number of piperazine rings is 1. The van der Waals surface area contributed by atoms with Gasteiger partial charge in [-0.3, -0.25) is 4.90 Å². The highest BCUT2D eigenvalue weighted by Gasteiger charge is 2.23. The maximum Gasteiger partial charge on any atom is 0.407 e. The van der Waals surface area contributed by atoms with Gasteiger partial charge in [0.25, 0.3) is 0 Å². The molecule has 5 heteroatoms. The molecule has 27 heavy (non-hydrogen) atoms. The first-order valence-electron chi connectivity index (χ1n) is 10.6. The van der Waals surface area contributed by atoms with Crippen LogP contribution in [-0.4, -0.2) is 66.8 Å². The number of hydrogen-bond donors (Lipinski definition) is 1. The number of amides is 1. The van der Waals surface area contributed by atoms with Crippen LogP contribution in [0.5, 0.6) is 0 Å². The third-order valence-corrected chi connectivity index (χ3v) is 6.03. The summed E-state index contributed by atoms with van der Waals surface area (Å²) in [4.78, 5) is 17.7. The third kappa shape index (κ3) is 5.86. The summed E-state index contributed by atoms with van der Waals surface area (Å²) in [7, 11) is 0. The van der Waals surface area contributed by atoms with Crippen LogP contribution in [-0.2, 0) is 6.42 Å². The quantitative estimate of drug-likeness (QED) is 0.824. The third-order valence-electron chi connectivity index (χ3n) is 6.03. The van der Waals surface area contributed by atoms with Crippen molar-refractivity contribution in [1.82, 2.24) is 9.80 Å².